The summed E-state index contributed by atoms with van der Waals surface area (Å²) < 4.78 is 5.56. The van der Waals surface area contributed by atoms with Crippen LogP contribution in [0.3, 0.4) is 0 Å². The smallest absolute Gasteiger partial charge is 0.144 e. The van der Waals surface area contributed by atoms with Crippen LogP contribution in [0, 0.1) is 0 Å². The first-order valence-corrected chi connectivity index (χ1v) is 7.62. The molecule has 2 aromatic carbocycles. The van der Waals surface area contributed by atoms with E-state index < -0.39 is 0 Å². The van der Waals surface area contributed by atoms with Crippen molar-refractivity contribution in [2.75, 3.05) is 17.7 Å². The lowest BCUT2D eigenvalue weighted by Gasteiger charge is -2.27. The lowest BCUT2D eigenvalue weighted by atomic mass is 9.88. The van der Waals surface area contributed by atoms with Crippen LogP contribution in [0.25, 0.3) is 0 Å². The van der Waals surface area contributed by atoms with Gasteiger partial charge in [0.25, 0.3) is 0 Å². The van der Waals surface area contributed by atoms with Crippen molar-refractivity contribution in [1.29, 1.82) is 0 Å². The third kappa shape index (κ3) is 2.97. The fourth-order valence-electron chi connectivity index (χ4n) is 2.99. The molecule has 0 aliphatic heterocycles. The van der Waals surface area contributed by atoms with E-state index in [9.17, 15) is 0 Å². The number of fused-ring (bicyclic) bond motifs is 1. The number of ether oxygens (including phenoxy) is 1. The Labute approximate surface area is 126 Å². The minimum absolute atomic E-state index is 0.430. The zero-order valence-electron chi connectivity index (χ0n) is 12.4. The van der Waals surface area contributed by atoms with Gasteiger partial charge in [0, 0.05) is 6.04 Å². The van der Waals surface area contributed by atoms with E-state index in [0.717, 1.165) is 30.7 Å². The number of hydrogen-bond donors (Lipinski definition) is 2. The van der Waals surface area contributed by atoms with Crippen LogP contribution in [0.1, 0.15) is 24.5 Å². The molecule has 0 aromatic heterocycles. The van der Waals surface area contributed by atoms with Crippen molar-refractivity contribution in [2.24, 2.45) is 0 Å². The molecule has 0 saturated heterocycles. The standard InChI is InChI=1S/C18H22N2O/c1-2-21-17-9-5-8-16(18(17)19)20-15-11-10-13-6-3-4-7-14(13)12-15/h3-9,15,20H,2,10-12,19H2,1H3. The summed E-state index contributed by atoms with van der Waals surface area (Å²) in [6, 6.07) is 15.1. The molecule has 110 valence electrons. The van der Waals surface area contributed by atoms with Gasteiger partial charge in [-0.1, -0.05) is 30.3 Å². The number of nitrogen functional groups attached to an aromatic ring is 1. The fourth-order valence-corrected chi connectivity index (χ4v) is 2.99. The Kier molecular flexibility index (Phi) is 4.00. The van der Waals surface area contributed by atoms with Gasteiger partial charge in [0.15, 0.2) is 0 Å². The third-order valence-electron chi connectivity index (χ3n) is 4.07. The fraction of sp³-hybridized carbons (Fsp3) is 0.333. The molecule has 0 heterocycles. The van der Waals surface area contributed by atoms with Gasteiger partial charge in [0.05, 0.1) is 18.0 Å². The van der Waals surface area contributed by atoms with Gasteiger partial charge in [-0.25, -0.2) is 0 Å². The highest BCUT2D eigenvalue weighted by Crippen LogP contribution is 2.31. The molecule has 3 heteroatoms. The zero-order valence-corrected chi connectivity index (χ0v) is 12.4. The monoisotopic (exact) mass is 282 g/mol. The highest BCUT2D eigenvalue weighted by molar-refractivity contribution is 5.73. The molecule has 1 unspecified atom stereocenters. The average Bonchev–Trinajstić information content (AvgIpc) is 2.51. The van der Waals surface area contributed by atoms with Crippen LogP contribution < -0.4 is 15.8 Å². The molecule has 3 N–H and O–H groups in total. The summed E-state index contributed by atoms with van der Waals surface area (Å²) in [4.78, 5) is 0. The summed E-state index contributed by atoms with van der Waals surface area (Å²) in [5.41, 5.74) is 10.8. The summed E-state index contributed by atoms with van der Waals surface area (Å²) in [5, 5.41) is 3.58. The van der Waals surface area contributed by atoms with Crippen molar-refractivity contribution in [3.05, 3.63) is 53.6 Å². The van der Waals surface area contributed by atoms with Gasteiger partial charge in [-0.15, -0.1) is 0 Å². The van der Waals surface area contributed by atoms with Crippen molar-refractivity contribution >= 4 is 11.4 Å². The second-order valence-electron chi connectivity index (χ2n) is 5.50. The number of nitrogens with one attached hydrogen (secondary N) is 1. The number of para-hydroxylation sites is 1. The van der Waals surface area contributed by atoms with E-state index >= 15 is 0 Å². The maximum atomic E-state index is 6.19. The number of hydrogen-bond acceptors (Lipinski definition) is 3. The van der Waals surface area contributed by atoms with E-state index in [-0.39, 0.29) is 0 Å². The quantitative estimate of drug-likeness (QED) is 0.842. The highest BCUT2D eigenvalue weighted by atomic mass is 16.5. The summed E-state index contributed by atoms with van der Waals surface area (Å²) in [5.74, 6) is 0.763. The lowest BCUT2D eigenvalue weighted by molar-refractivity contribution is 0.342. The van der Waals surface area contributed by atoms with E-state index in [1.54, 1.807) is 0 Å². The summed E-state index contributed by atoms with van der Waals surface area (Å²) >= 11 is 0. The minimum atomic E-state index is 0.430. The van der Waals surface area contributed by atoms with E-state index in [1.165, 1.54) is 11.1 Å². The first kappa shape index (κ1) is 13.8. The van der Waals surface area contributed by atoms with E-state index in [1.807, 2.05) is 25.1 Å². The molecule has 0 radical (unpaired) electrons. The van der Waals surface area contributed by atoms with Crippen LogP contribution in [-0.2, 0) is 12.8 Å². The molecule has 2 aromatic rings. The van der Waals surface area contributed by atoms with Gasteiger partial charge in [0.2, 0.25) is 0 Å². The Balaban J connectivity index is 1.75. The molecule has 0 amide bonds. The molecule has 0 bridgehead atoms. The van der Waals surface area contributed by atoms with Crippen molar-refractivity contribution in [1.82, 2.24) is 0 Å². The van der Waals surface area contributed by atoms with Crippen molar-refractivity contribution in [3.63, 3.8) is 0 Å². The molecular formula is C18H22N2O. The van der Waals surface area contributed by atoms with Crippen LogP contribution in [0.15, 0.2) is 42.5 Å². The highest BCUT2D eigenvalue weighted by Gasteiger charge is 2.19. The van der Waals surface area contributed by atoms with Gasteiger partial charge in [-0.05, 0) is 49.4 Å². The largest absolute Gasteiger partial charge is 0.492 e. The molecule has 3 nitrogen and oxygen atoms in total. The Hall–Kier alpha value is -2.16. The predicted octanol–water partition coefficient (Wildman–Crippen LogP) is 3.64. The third-order valence-corrected chi connectivity index (χ3v) is 4.07. The van der Waals surface area contributed by atoms with Crippen LogP contribution in [0.4, 0.5) is 11.4 Å². The van der Waals surface area contributed by atoms with Crippen LogP contribution in [0.5, 0.6) is 5.75 Å². The normalized spacial score (nSPS) is 17.1. The molecule has 1 atom stereocenters. The molecule has 3 rings (SSSR count). The van der Waals surface area contributed by atoms with E-state index in [0.29, 0.717) is 18.3 Å². The Morgan fingerprint density at radius 1 is 1.14 bits per heavy atom. The van der Waals surface area contributed by atoms with Crippen LogP contribution >= 0.6 is 0 Å². The summed E-state index contributed by atoms with van der Waals surface area (Å²) in [6.45, 7) is 2.60. The second-order valence-corrected chi connectivity index (χ2v) is 5.50. The molecule has 1 aliphatic carbocycles. The summed E-state index contributed by atoms with van der Waals surface area (Å²) in [7, 11) is 0. The lowest BCUT2D eigenvalue weighted by Crippen LogP contribution is -2.27. The average molecular weight is 282 g/mol. The molecule has 0 saturated carbocycles. The molecule has 0 spiro atoms. The number of nitrogens with two attached hydrogens (primary N) is 1. The molecule has 21 heavy (non-hydrogen) atoms. The second kappa shape index (κ2) is 6.08. The topological polar surface area (TPSA) is 47.3 Å². The van der Waals surface area contributed by atoms with Gasteiger partial charge < -0.3 is 15.8 Å². The zero-order chi connectivity index (χ0) is 14.7. The number of benzene rings is 2. The van der Waals surface area contributed by atoms with Crippen molar-refractivity contribution in [3.8, 4) is 5.75 Å². The van der Waals surface area contributed by atoms with Gasteiger partial charge in [0.1, 0.15) is 5.75 Å². The first-order chi connectivity index (χ1) is 10.3. The maximum absolute atomic E-state index is 6.19. The Morgan fingerprint density at radius 2 is 1.95 bits per heavy atom. The van der Waals surface area contributed by atoms with Crippen molar-refractivity contribution < 1.29 is 4.74 Å². The number of aryl methyl sites for hydroxylation is 1. The molecule has 1 aliphatic rings. The van der Waals surface area contributed by atoms with Crippen molar-refractivity contribution in [2.45, 2.75) is 32.2 Å². The number of rotatable bonds is 4. The SMILES string of the molecule is CCOc1cccc(NC2CCc3ccccc3C2)c1N. The maximum Gasteiger partial charge on any atom is 0.144 e. The van der Waals surface area contributed by atoms with Gasteiger partial charge >= 0.3 is 0 Å². The van der Waals surface area contributed by atoms with Gasteiger partial charge in [-0.2, -0.15) is 0 Å². The Bertz CT molecular complexity index is 624. The van der Waals surface area contributed by atoms with E-state index in [2.05, 4.69) is 29.6 Å². The minimum Gasteiger partial charge on any atom is -0.492 e. The van der Waals surface area contributed by atoms with E-state index in [4.69, 9.17) is 10.5 Å². The van der Waals surface area contributed by atoms with Crippen LogP contribution in [0.2, 0.25) is 0 Å². The number of anilines is 2. The molecule has 0 fully saturated rings. The first-order valence-electron chi connectivity index (χ1n) is 7.62. The van der Waals surface area contributed by atoms with Crippen LogP contribution in [-0.4, -0.2) is 12.6 Å². The summed E-state index contributed by atoms with van der Waals surface area (Å²) in [6.07, 6.45) is 3.31. The molecular weight excluding hydrogens is 260 g/mol. The van der Waals surface area contributed by atoms with Gasteiger partial charge in [-0.3, -0.25) is 0 Å². The predicted molar refractivity (Wildman–Crippen MR) is 87.9 cm³/mol. The Morgan fingerprint density at radius 3 is 2.76 bits per heavy atom.